The lowest BCUT2D eigenvalue weighted by Crippen LogP contribution is -2.53. The van der Waals surface area contributed by atoms with E-state index in [1.165, 1.54) is 12.1 Å². The standard InChI is InChI=1S/C26H33FN2O4/c1-5-21(25(31)28-26(2,3)4)29(17-19-6-10-20(27)11-7-19)24(30)13-9-18-8-12-22-23(16-18)33-15-14-32-22/h6-8,10-12,16,21H,5,9,13-15,17H2,1-4H3,(H,28,31)/t21-/m0/s1. The third kappa shape index (κ3) is 6.94. The lowest BCUT2D eigenvalue weighted by atomic mass is 10.0. The minimum Gasteiger partial charge on any atom is -0.486 e. The fraction of sp³-hybridized carbons (Fsp3) is 0.462. The van der Waals surface area contributed by atoms with Gasteiger partial charge >= 0.3 is 0 Å². The van der Waals surface area contributed by atoms with Crippen LogP contribution < -0.4 is 14.8 Å². The van der Waals surface area contributed by atoms with E-state index in [0.717, 1.165) is 11.1 Å². The quantitative estimate of drug-likeness (QED) is 0.645. The van der Waals surface area contributed by atoms with Crippen molar-refractivity contribution in [1.29, 1.82) is 0 Å². The Kier molecular flexibility index (Phi) is 7.95. The maximum Gasteiger partial charge on any atom is 0.243 e. The molecule has 2 aromatic carbocycles. The summed E-state index contributed by atoms with van der Waals surface area (Å²) in [6, 6.07) is 11.1. The number of carbonyl (C=O) groups excluding carboxylic acids is 2. The number of amides is 2. The molecule has 0 saturated heterocycles. The van der Waals surface area contributed by atoms with Crippen LogP contribution in [0.2, 0.25) is 0 Å². The molecule has 1 aliphatic rings. The molecule has 0 aromatic heterocycles. The molecule has 178 valence electrons. The molecule has 3 rings (SSSR count). The highest BCUT2D eigenvalue weighted by atomic mass is 19.1. The van der Waals surface area contributed by atoms with Gasteiger partial charge in [-0.15, -0.1) is 0 Å². The first-order chi connectivity index (χ1) is 15.7. The zero-order valence-electron chi connectivity index (χ0n) is 19.8. The van der Waals surface area contributed by atoms with Gasteiger partial charge in [0.15, 0.2) is 11.5 Å². The number of carbonyl (C=O) groups is 2. The number of aryl methyl sites for hydroxylation is 1. The summed E-state index contributed by atoms with van der Waals surface area (Å²) in [5.74, 6) is 0.724. The Morgan fingerprint density at radius 2 is 1.67 bits per heavy atom. The molecular formula is C26H33FN2O4. The summed E-state index contributed by atoms with van der Waals surface area (Å²) in [6.07, 6.45) is 1.21. The monoisotopic (exact) mass is 456 g/mol. The minimum atomic E-state index is -0.623. The zero-order valence-corrected chi connectivity index (χ0v) is 19.8. The summed E-state index contributed by atoms with van der Waals surface area (Å²) in [7, 11) is 0. The molecular weight excluding hydrogens is 423 g/mol. The van der Waals surface area contributed by atoms with Gasteiger partial charge in [0.05, 0.1) is 0 Å². The average Bonchev–Trinajstić information content (AvgIpc) is 2.77. The predicted molar refractivity (Wildman–Crippen MR) is 125 cm³/mol. The van der Waals surface area contributed by atoms with E-state index < -0.39 is 11.6 Å². The normalized spacial score (nSPS) is 13.8. The smallest absolute Gasteiger partial charge is 0.243 e. The maximum atomic E-state index is 13.4. The first-order valence-electron chi connectivity index (χ1n) is 11.4. The van der Waals surface area contributed by atoms with E-state index in [-0.39, 0.29) is 30.6 Å². The fourth-order valence-electron chi connectivity index (χ4n) is 3.80. The first-order valence-corrected chi connectivity index (χ1v) is 11.4. The number of benzene rings is 2. The van der Waals surface area contributed by atoms with Crippen LogP contribution in [0.25, 0.3) is 0 Å². The van der Waals surface area contributed by atoms with Crippen LogP contribution in [-0.2, 0) is 22.6 Å². The van der Waals surface area contributed by atoms with Gasteiger partial charge in [-0.2, -0.15) is 0 Å². The Labute approximate surface area is 195 Å². The molecule has 2 aromatic rings. The number of hydrogen-bond donors (Lipinski definition) is 1. The van der Waals surface area contributed by atoms with E-state index in [4.69, 9.17) is 9.47 Å². The van der Waals surface area contributed by atoms with E-state index in [2.05, 4.69) is 5.32 Å². The number of ether oxygens (including phenoxy) is 2. The molecule has 1 atom stereocenters. The highest BCUT2D eigenvalue weighted by molar-refractivity contribution is 5.88. The molecule has 33 heavy (non-hydrogen) atoms. The van der Waals surface area contributed by atoms with Gasteiger partial charge in [0, 0.05) is 18.5 Å². The van der Waals surface area contributed by atoms with Crippen LogP contribution in [0.15, 0.2) is 42.5 Å². The third-order valence-electron chi connectivity index (χ3n) is 5.38. The number of rotatable bonds is 8. The van der Waals surface area contributed by atoms with Crippen LogP contribution in [0.5, 0.6) is 11.5 Å². The molecule has 7 heteroatoms. The van der Waals surface area contributed by atoms with Crippen molar-refractivity contribution in [2.45, 2.75) is 65.1 Å². The van der Waals surface area contributed by atoms with E-state index in [1.54, 1.807) is 17.0 Å². The average molecular weight is 457 g/mol. The summed E-state index contributed by atoms with van der Waals surface area (Å²) < 4.78 is 24.6. The molecule has 0 unspecified atom stereocenters. The number of halogens is 1. The van der Waals surface area contributed by atoms with Crippen LogP contribution in [-0.4, -0.2) is 41.5 Å². The van der Waals surface area contributed by atoms with Gasteiger partial charge in [0.25, 0.3) is 0 Å². The van der Waals surface area contributed by atoms with Gasteiger partial charge in [-0.05, 0) is 69.0 Å². The Bertz CT molecular complexity index is 969. The second-order valence-corrected chi connectivity index (χ2v) is 9.29. The number of hydrogen-bond acceptors (Lipinski definition) is 4. The highest BCUT2D eigenvalue weighted by Gasteiger charge is 2.30. The highest BCUT2D eigenvalue weighted by Crippen LogP contribution is 2.31. The van der Waals surface area contributed by atoms with Crippen molar-refractivity contribution in [2.24, 2.45) is 0 Å². The van der Waals surface area contributed by atoms with Gasteiger partial charge < -0.3 is 19.7 Å². The largest absolute Gasteiger partial charge is 0.486 e. The van der Waals surface area contributed by atoms with E-state index in [9.17, 15) is 14.0 Å². The minimum absolute atomic E-state index is 0.134. The lowest BCUT2D eigenvalue weighted by molar-refractivity contribution is -0.142. The van der Waals surface area contributed by atoms with Gasteiger partial charge in [0.1, 0.15) is 25.1 Å². The van der Waals surface area contributed by atoms with Gasteiger partial charge in [0.2, 0.25) is 11.8 Å². The topological polar surface area (TPSA) is 67.9 Å². The van der Waals surface area contributed by atoms with Crippen molar-refractivity contribution >= 4 is 11.8 Å². The summed E-state index contributed by atoms with van der Waals surface area (Å²) in [5, 5.41) is 2.99. The van der Waals surface area contributed by atoms with Gasteiger partial charge in [-0.3, -0.25) is 9.59 Å². The van der Waals surface area contributed by atoms with E-state index >= 15 is 0 Å². The summed E-state index contributed by atoms with van der Waals surface area (Å²) in [4.78, 5) is 28.0. The first kappa shape index (κ1) is 24.6. The molecule has 6 nitrogen and oxygen atoms in total. The van der Waals surface area contributed by atoms with Crippen molar-refractivity contribution in [3.63, 3.8) is 0 Å². The maximum absolute atomic E-state index is 13.4. The molecule has 0 radical (unpaired) electrons. The zero-order chi connectivity index (χ0) is 24.0. The van der Waals surface area contributed by atoms with Gasteiger partial charge in [-0.25, -0.2) is 4.39 Å². The summed E-state index contributed by atoms with van der Waals surface area (Å²) in [5.41, 5.74) is 1.31. The Morgan fingerprint density at radius 3 is 2.30 bits per heavy atom. The molecule has 0 fully saturated rings. The van der Waals surface area contributed by atoms with Crippen LogP contribution >= 0.6 is 0 Å². The third-order valence-corrected chi connectivity index (χ3v) is 5.38. The van der Waals surface area contributed by atoms with Crippen LogP contribution in [0.1, 0.15) is 51.7 Å². The lowest BCUT2D eigenvalue weighted by Gasteiger charge is -2.33. The molecule has 0 saturated carbocycles. The fourth-order valence-corrected chi connectivity index (χ4v) is 3.80. The summed E-state index contributed by atoms with van der Waals surface area (Å²) in [6.45, 7) is 8.87. The van der Waals surface area contributed by atoms with Gasteiger partial charge in [-0.1, -0.05) is 25.1 Å². The molecule has 0 bridgehead atoms. The number of fused-ring (bicyclic) bond motifs is 1. The predicted octanol–water partition coefficient (Wildman–Crippen LogP) is 4.25. The molecule has 1 aliphatic heterocycles. The van der Waals surface area contributed by atoms with Crippen LogP contribution in [0.4, 0.5) is 4.39 Å². The Hall–Kier alpha value is -3.09. The van der Waals surface area contributed by atoms with E-state index in [0.29, 0.717) is 37.6 Å². The molecule has 1 N–H and O–H groups in total. The van der Waals surface area contributed by atoms with Crippen LogP contribution in [0, 0.1) is 5.82 Å². The molecule has 2 amide bonds. The van der Waals surface area contributed by atoms with Crippen molar-refractivity contribution in [3.8, 4) is 11.5 Å². The molecule has 0 aliphatic carbocycles. The SMILES string of the molecule is CC[C@@H](C(=O)NC(C)(C)C)N(Cc1ccc(F)cc1)C(=O)CCc1ccc2c(c1)OCCO2. The number of nitrogens with zero attached hydrogens (tertiary/aromatic N) is 1. The second-order valence-electron chi connectivity index (χ2n) is 9.29. The van der Waals surface area contributed by atoms with Crippen molar-refractivity contribution in [2.75, 3.05) is 13.2 Å². The Morgan fingerprint density at radius 1 is 1.03 bits per heavy atom. The Balaban J connectivity index is 1.77. The van der Waals surface area contributed by atoms with Crippen molar-refractivity contribution in [3.05, 3.63) is 59.4 Å². The van der Waals surface area contributed by atoms with Crippen LogP contribution in [0.3, 0.4) is 0 Å². The van der Waals surface area contributed by atoms with E-state index in [1.807, 2.05) is 45.9 Å². The molecule has 1 heterocycles. The molecule has 0 spiro atoms. The number of nitrogens with one attached hydrogen (secondary N) is 1. The van der Waals surface area contributed by atoms with Crippen molar-refractivity contribution < 1.29 is 23.5 Å². The second kappa shape index (κ2) is 10.7. The van der Waals surface area contributed by atoms with Crippen molar-refractivity contribution in [1.82, 2.24) is 10.2 Å². The summed E-state index contributed by atoms with van der Waals surface area (Å²) >= 11 is 0.